The first kappa shape index (κ1) is 13.6. The topological polar surface area (TPSA) is 26.0 Å². The average molecular weight is 245 g/mol. The highest BCUT2D eigenvalue weighted by atomic mass is 14.6. The first-order valence-electron chi connectivity index (χ1n) is 7.46. The third kappa shape index (κ3) is 3.84. The standard InChI is InChI=1S/C17H27N/c1-13-5-3-7-15(11-13)9-10-17(18)16-8-4-6-14(2)12-16/h3,5,7,11,14,16-17H,4,6,8-10,12,18H2,1-2H3. The summed E-state index contributed by atoms with van der Waals surface area (Å²) in [4.78, 5) is 0. The van der Waals surface area contributed by atoms with Crippen LogP contribution in [0.4, 0.5) is 0 Å². The van der Waals surface area contributed by atoms with Crippen LogP contribution in [0.2, 0.25) is 0 Å². The highest BCUT2D eigenvalue weighted by Gasteiger charge is 2.23. The fourth-order valence-corrected chi connectivity index (χ4v) is 3.31. The smallest absolute Gasteiger partial charge is 0.00704 e. The van der Waals surface area contributed by atoms with Crippen molar-refractivity contribution >= 4 is 0 Å². The van der Waals surface area contributed by atoms with E-state index in [1.54, 1.807) is 0 Å². The minimum absolute atomic E-state index is 0.397. The highest BCUT2D eigenvalue weighted by Crippen LogP contribution is 2.31. The normalized spacial score (nSPS) is 25.9. The fourth-order valence-electron chi connectivity index (χ4n) is 3.31. The van der Waals surface area contributed by atoms with Crippen molar-refractivity contribution in [1.82, 2.24) is 0 Å². The molecule has 100 valence electrons. The van der Waals surface area contributed by atoms with Gasteiger partial charge in [-0.15, -0.1) is 0 Å². The van der Waals surface area contributed by atoms with Gasteiger partial charge in [0.1, 0.15) is 0 Å². The summed E-state index contributed by atoms with van der Waals surface area (Å²) in [6.45, 7) is 4.53. The van der Waals surface area contributed by atoms with Crippen LogP contribution in [0.25, 0.3) is 0 Å². The summed E-state index contributed by atoms with van der Waals surface area (Å²) in [7, 11) is 0. The molecular formula is C17H27N. The molecule has 2 N–H and O–H groups in total. The molecule has 0 saturated heterocycles. The van der Waals surface area contributed by atoms with Crippen molar-refractivity contribution in [3.05, 3.63) is 35.4 Å². The van der Waals surface area contributed by atoms with Crippen molar-refractivity contribution in [1.29, 1.82) is 0 Å². The maximum absolute atomic E-state index is 6.40. The van der Waals surface area contributed by atoms with E-state index in [9.17, 15) is 0 Å². The van der Waals surface area contributed by atoms with Crippen molar-refractivity contribution in [3.8, 4) is 0 Å². The summed E-state index contributed by atoms with van der Waals surface area (Å²) in [5.41, 5.74) is 9.19. The van der Waals surface area contributed by atoms with E-state index in [2.05, 4.69) is 38.1 Å². The molecule has 3 unspecified atom stereocenters. The van der Waals surface area contributed by atoms with Crippen molar-refractivity contribution in [2.24, 2.45) is 17.6 Å². The zero-order chi connectivity index (χ0) is 13.0. The second-order valence-corrected chi connectivity index (χ2v) is 6.22. The molecule has 3 atom stereocenters. The van der Waals surface area contributed by atoms with E-state index in [4.69, 9.17) is 5.73 Å². The molecule has 18 heavy (non-hydrogen) atoms. The van der Waals surface area contributed by atoms with Gasteiger partial charge < -0.3 is 5.73 Å². The summed E-state index contributed by atoms with van der Waals surface area (Å²) in [6, 6.07) is 9.22. The molecule has 1 aromatic rings. The lowest BCUT2D eigenvalue weighted by atomic mass is 9.77. The molecule has 0 spiro atoms. The summed E-state index contributed by atoms with van der Waals surface area (Å²) < 4.78 is 0. The van der Waals surface area contributed by atoms with Crippen LogP contribution < -0.4 is 5.73 Å². The Morgan fingerprint density at radius 1 is 1.33 bits per heavy atom. The number of rotatable bonds is 4. The molecule has 1 aliphatic rings. The molecule has 0 aliphatic heterocycles. The van der Waals surface area contributed by atoms with Crippen LogP contribution in [0.3, 0.4) is 0 Å². The molecule has 0 bridgehead atoms. The van der Waals surface area contributed by atoms with Gasteiger partial charge in [-0.1, -0.05) is 49.6 Å². The van der Waals surface area contributed by atoms with Gasteiger partial charge in [-0.05, 0) is 50.0 Å². The third-order valence-electron chi connectivity index (χ3n) is 4.43. The molecule has 1 aromatic carbocycles. The fraction of sp³-hybridized carbons (Fsp3) is 0.647. The minimum Gasteiger partial charge on any atom is -0.327 e. The molecule has 2 rings (SSSR count). The summed E-state index contributed by atoms with van der Waals surface area (Å²) in [6.07, 6.45) is 7.74. The molecule has 1 nitrogen and oxygen atoms in total. The third-order valence-corrected chi connectivity index (χ3v) is 4.43. The maximum atomic E-state index is 6.40. The zero-order valence-corrected chi connectivity index (χ0v) is 11.9. The lowest BCUT2D eigenvalue weighted by Gasteiger charge is -2.31. The monoisotopic (exact) mass is 245 g/mol. The van der Waals surface area contributed by atoms with Crippen LogP contribution in [0.15, 0.2) is 24.3 Å². The predicted octanol–water partition coefficient (Wildman–Crippen LogP) is 4.08. The second-order valence-electron chi connectivity index (χ2n) is 6.22. The number of aryl methyl sites for hydroxylation is 2. The number of hydrogen-bond donors (Lipinski definition) is 1. The van der Waals surface area contributed by atoms with Gasteiger partial charge in [0.05, 0.1) is 0 Å². The highest BCUT2D eigenvalue weighted by molar-refractivity contribution is 5.22. The van der Waals surface area contributed by atoms with Crippen LogP contribution in [0.5, 0.6) is 0 Å². The van der Waals surface area contributed by atoms with E-state index >= 15 is 0 Å². The van der Waals surface area contributed by atoms with Crippen molar-refractivity contribution < 1.29 is 0 Å². The SMILES string of the molecule is Cc1cccc(CCC(N)C2CCCC(C)C2)c1. The quantitative estimate of drug-likeness (QED) is 0.850. The first-order chi connectivity index (χ1) is 8.65. The number of nitrogens with two attached hydrogens (primary N) is 1. The molecule has 1 fully saturated rings. The van der Waals surface area contributed by atoms with Gasteiger partial charge in [-0.25, -0.2) is 0 Å². The molecule has 0 amide bonds. The zero-order valence-electron chi connectivity index (χ0n) is 11.9. The molecule has 1 saturated carbocycles. The Hall–Kier alpha value is -0.820. The van der Waals surface area contributed by atoms with Gasteiger partial charge in [-0.3, -0.25) is 0 Å². The van der Waals surface area contributed by atoms with Gasteiger partial charge in [-0.2, -0.15) is 0 Å². The average Bonchev–Trinajstić information content (AvgIpc) is 2.36. The Labute approximate surface area is 112 Å². The number of hydrogen-bond acceptors (Lipinski definition) is 1. The Bertz CT molecular complexity index is 372. The van der Waals surface area contributed by atoms with E-state index in [1.165, 1.54) is 36.8 Å². The van der Waals surface area contributed by atoms with Crippen LogP contribution in [0.1, 0.15) is 50.2 Å². The Kier molecular flexibility index (Phi) is 4.82. The molecular weight excluding hydrogens is 218 g/mol. The number of benzene rings is 1. The maximum Gasteiger partial charge on any atom is 0.00704 e. The largest absolute Gasteiger partial charge is 0.327 e. The molecule has 0 radical (unpaired) electrons. The molecule has 0 heterocycles. The Morgan fingerprint density at radius 3 is 2.89 bits per heavy atom. The minimum atomic E-state index is 0.397. The summed E-state index contributed by atoms with van der Waals surface area (Å²) in [5, 5.41) is 0. The van der Waals surface area contributed by atoms with E-state index in [0.717, 1.165) is 24.7 Å². The summed E-state index contributed by atoms with van der Waals surface area (Å²) in [5.74, 6) is 1.65. The molecule has 1 heteroatoms. The first-order valence-corrected chi connectivity index (χ1v) is 7.46. The van der Waals surface area contributed by atoms with Crippen LogP contribution in [-0.2, 0) is 6.42 Å². The molecule has 0 aromatic heterocycles. The van der Waals surface area contributed by atoms with Gasteiger partial charge >= 0.3 is 0 Å². The van der Waals surface area contributed by atoms with Gasteiger partial charge in [0, 0.05) is 6.04 Å². The Morgan fingerprint density at radius 2 is 2.17 bits per heavy atom. The van der Waals surface area contributed by atoms with Crippen LogP contribution in [0, 0.1) is 18.8 Å². The van der Waals surface area contributed by atoms with E-state index in [1.807, 2.05) is 0 Å². The summed E-state index contributed by atoms with van der Waals surface area (Å²) >= 11 is 0. The van der Waals surface area contributed by atoms with Crippen molar-refractivity contribution in [3.63, 3.8) is 0 Å². The van der Waals surface area contributed by atoms with Crippen LogP contribution in [-0.4, -0.2) is 6.04 Å². The lowest BCUT2D eigenvalue weighted by Crippen LogP contribution is -2.33. The van der Waals surface area contributed by atoms with Crippen molar-refractivity contribution in [2.45, 2.75) is 58.4 Å². The predicted molar refractivity (Wildman–Crippen MR) is 78.6 cm³/mol. The van der Waals surface area contributed by atoms with Crippen LogP contribution >= 0.6 is 0 Å². The molecule has 1 aliphatic carbocycles. The van der Waals surface area contributed by atoms with Gasteiger partial charge in [0.2, 0.25) is 0 Å². The van der Waals surface area contributed by atoms with Crippen molar-refractivity contribution in [2.75, 3.05) is 0 Å². The Balaban J connectivity index is 1.82. The van der Waals surface area contributed by atoms with Gasteiger partial charge in [0.15, 0.2) is 0 Å². The lowest BCUT2D eigenvalue weighted by molar-refractivity contribution is 0.240. The van der Waals surface area contributed by atoms with Gasteiger partial charge in [0.25, 0.3) is 0 Å². The van der Waals surface area contributed by atoms with E-state index in [-0.39, 0.29) is 0 Å². The second kappa shape index (κ2) is 6.38. The van der Waals surface area contributed by atoms with E-state index < -0.39 is 0 Å². The van der Waals surface area contributed by atoms with E-state index in [0.29, 0.717) is 6.04 Å².